The molecule has 0 aliphatic carbocycles. The highest BCUT2D eigenvalue weighted by Gasteiger charge is 2.11. The van der Waals surface area contributed by atoms with E-state index in [2.05, 4.69) is 10.6 Å². The molecule has 0 spiro atoms. The monoisotopic (exact) mass is 266 g/mol. The van der Waals surface area contributed by atoms with E-state index in [-0.39, 0.29) is 18.4 Å². The number of hydrogen-bond donors (Lipinski definition) is 2. The lowest BCUT2D eigenvalue weighted by Gasteiger charge is -2.11. The maximum absolute atomic E-state index is 11.8. The van der Waals surface area contributed by atoms with Gasteiger partial charge in [0.25, 0.3) is 5.91 Å². The van der Waals surface area contributed by atoms with Crippen LogP contribution in [-0.2, 0) is 4.79 Å². The van der Waals surface area contributed by atoms with Crippen LogP contribution < -0.4 is 20.1 Å². The molecule has 0 fully saturated rings. The highest BCUT2D eigenvalue weighted by molar-refractivity contribution is 5.97. The van der Waals surface area contributed by atoms with Crippen molar-refractivity contribution in [2.24, 2.45) is 0 Å². The van der Waals surface area contributed by atoms with Gasteiger partial charge in [-0.2, -0.15) is 0 Å². The molecule has 2 N–H and O–H groups in total. The second-order valence-corrected chi connectivity index (χ2v) is 3.65. The molecule has 0 unspecified atom stereocenters. The molecular weight excluding hydrogens is 248 g/mol. The quantitative estimate of drug-likeness (QED) is 0.789. The molecule has 1 aromatic carbocycles. The van der Waals surface area contributed by atoms with Crippen molar-refractivity contribution in [3.05, 3.63) is 23.8 Å². The molecule has 1 rings (SSSR count). The summed E-state index contributed by atoms with van der Waals surface area (Å²) in [5, 5.41) is 4.93. The predicted octanol–water partition coefficient (Wildman–Crippen LogP) is 0.570. The average Bonchev–Trinajstić information content (AvgIpc) is 2.44. The first-order valence-electron chi connectivity index (χ1n) is 5.92. The summed E-state index contributed by atoms with van der Waals surface area (Å²) in [7, 11) is 3.04. The van der Waals surface area contributed by atoms with Crippen LogP contribution in [0.25, 0.3) is 0 Å². The van der Waals surface area contributed by atoms with Crippen LogP contribution in [0, 0.1) is 0 Å². The van der Waals surface area contributed by atoms with Crippen LogP contribution in [0.2, 0.25) is 0 Å². The van der Waals surface area contributed by atoms with E-state index in [4.69, 9.17) is 9.47 Å². The van der Waals surface area contributed by atoms with Gasteiger partial charge in [-0.1, -0.05) is 0 Å². The third-order valence-electron chi connectivity index (χ3n) is 2.41. The molecule has 0 aromatic heterocycles. The summed E-state index contributed by atoms with van der Waals surface area (Å²) in [6, 6.07) is 4.85. The van der Waals surface area contributed by atoms with Crippen molar-refractivity contribution in [2.45, 2.75) is 6.92 Å². The molecule has 0 saturated carbocycles. The van der Waals surface area contributed by atoms with Gasteiger partial charge in [0.15, 0.2) is 11.5 Å². The fourth-order valence-electron chi connectivity index (χ4n) is 1.44. The summed E-state index contributed by atoms with van der Waals surface area (Å²) in [6.07, 6.45) is 0. The zero-order chi connectivity index (χ0) is 14.3. The third kappa shape index (κ3) is 4.17. The summed E-state index contributed by atoms with van der Waals surface area (Å²) in [5.74, 6) is 0.460. The van der Waals surface area contributed by atoms with Crippen molar-refractivity contribution < 1.29 is 19.1 Å². The maximum Gasteiger partial charge on any atom is 0.251 e. The molecular formula is C13H18N2O4. The van der Waals surface area contributed by atoms with Crippen molar-refractivity contribution in [1.82, 2.24) is 10.6 Å². The summed E-state index contributed by atoms with van der Waals surface area (Å²) in [4.78, 5) is 22.9. The van der Waals surface area contributed by atoms with Crippen LogP contribution >= 0.6 is 0 Å². The van der Waals surface area contributed by atoms with Gasteiger partial charge in [-0.15, -0.1) is 0 Å². The Balaban J connectivity index is 2.80. The Morgan fingerprint density at radius 3 is 2.58 bits per heavy atom. The Bertz CT molecular complexity index is 460. The minimum atomic E-state index is -0.341. The van der Waals surface area contributed by atoms with E-state index in [1.165, 1.54) is 14.2 Å². The van der Waals surface area contributed by atoms with E-state index in [1.807, 2.05) is 6.92 Å². The van der Waals surface area contributed by atoms with Gasteiger partial charge in [0, 0.05) is 12.6 Å². The maximum atomic E-state index is 11.8. The van der Waals surface area contributed by atoms with Crippen molar-refractivity contribution in [3.63, 3.8) is 0 Å². The van der Waals surface area contributed by atoms with Crippen molar-refractivity contribution in [2.75, 3.05) is 27.3 Å². The number of hydrogen-bond acceptors (Lipinski definition) is 4. The minimum Gasteiger partial charge on any atom is -0.493 e. The van der Waals surface area contributed by atoms with Crippen molar-refractivity contribution in [1.29, 1.82) is 0 Å². The molecule has 6 nitrogen and oxygen atoms in total. The van der Waals surface area contributed by atoms with E-state index in [0.29, 0.717) is 23.7 Å². The van der Waals surface area contributed by atoms with Gasteiger partial charge in [0.2, 0.25) is 5.91 Å². The number of benzene rings is 1. The van der Waals surface area contributed by atoms with Crippen LogP contribution in [0.4, 0.5) is 0 Å². The van der Waals surface area contributed by atoms with Gasteiger partial charge in [0.05, 0.1) is 20.3 Å². The Labute approximate surface area is 112 Å². The largest absolute Gasteiger partial charge is 0.493 e. The molecule has 104 valence electrons. The Morgan fingerprint density at radius 1 is 1.26 bits per heavy atom. The number of likely N-dealkylation sites (N-methyl/N-ethyl adjacent to an activating group) is 1. The van der Waals surface area contributed by atoms with Gasteiger partial charge in [-0.05, 0) is 25.1 Å². The number of ether oxygens (including phenoxy) is 2. The third-order valence-corrected chi connectivity index (χ3v) is 2.41. The Morgan fingerprint density at radius 2 is 2.00 bits per heavy atom. The fourth-order valence-corrected chi connectivity index (χ4v) is 1.44. The predicted molar refractivity (Wildman–Crippen MR) is 70.6 cm³/mol. The van der Waals surface area contributed by atoms with E-state index in [9.17, 15) is 9.59 Å². The first-order valence-corrected chi connectivity index (χ1v) is 5.92. The van der Waals surface area contributed by atoms with Crippen LogP contribution in [-0.4, -0.2) is 39.1 Å². The highest BCUT2D eigenvalue weighted by atomic mass is 16.5. The number of carbonyl (C=O) groups is 2. The first-order chi connectivity index (χ1) is 9.12. The number of rotatable bonds is 6. The number of methoxy groups -OCH3 is 1. The van der Waals surface area contributed by atoms with Crippen LogP contribution in [0.3, 0.4) is 0 Å². The molecule has 0 radical (unpaired) electrons. The SMILES string of the molecule is CCOc1cc(C(=O)NCC(=O)NC)ccc1OC. The first kappa shape index (κ1) is 14.8. The number of carbonyl (C=O) groups excluding carboxylic acids is 2. The number of nitrogens with one attached hydrogen (secondary N) is 2. The number of amides is 2. The molecule has 19 heavy (non-hydrogen) atoms. The van der Waals surface area contributed by atoms with E-state index >= 15 is 0 Å². The lowest BCUT2D eigenvalue weighted by atomic mass is 10.2. The topological polar surface area (TPSA) is 76.7 Å². The molecule has 0 aliphatic rings. The smallest absolute Gasteiger partial charge is 0.251 e. The lowest BCUT2D eigenvalue weighted by molar-refractivity contribution is -0.119. The van der Waals surface area contributed by atoms with Gasteiger partial charge in [-0.3, -0.25) is 9.59 Å². The van der Waals surface area contributed by atoms with E-state index in [1.54, 1.807) is 18.2 Å². The Hall–Kier alpha value is -2.24. The molecule has 0 heterocycles. The molecule has 6 heteroatoms. The van der Waals surface area contributed by atoms with Crippen LogP contribution in [0.15, 0.2) is 18.2 Å². The summed E-state index contributed by atoms with van der Waals surface area (Å²) in [5.41, 5.74) is 0.410. The van der Waals surface area contributed by atoms with Gasteiger partial charge >= 0.3 is 0 Å². The van der Waals surface area contributed by atoms with Gasteiger partial charge in [-0.25, -0.2) is 0 Å². The van der Waals surface area contributed by atoms with Gasteiger partial charge < -0.3 is 20.1 Å². The highest BCUT2D eigenvalue weighted by Crippen LogP contribution is 2.27. The molecule has 0 bridgehead atoms. The average molecular weight is 266 g/mol. The summed E-state index contributed by atoms with van der Waals surface area (Å²) >= 11 is 0. The van der Waals surface area contributed by atoms with Crippen LogP contribution in [0.5, 0.6) is 11.5 Å². The molecule has 0 aliphatic heterocycles. The molecule has 2 amide bonds. The molecule has 1 aromatic rings. The lowest BCUT2D eigenvalue weighted by Crippen LogP contribution is -2.35. The fraction of sp³-hybridized carbons (Fsp3) is 0.385. The second-order valence-electron chi connectivity index (χ2n) is 3.65. The van der Waals surface area contributed by atoms with E-state index < -0.39 is 0 Å². The molecule has 0 atom stereocenters. The summed E-state index contributed by atoms with van der Waals surface area (Å²) in [6.45, 7) is 2.25. The van der Waals surface area contributed by atoms with Crippen molar-refractivity contribution in [3.8, 4) is 11.5 Å². The van der Waals surface area contributed by atoms with Gasteiger partial charge in [0.1, 0.15) is 0 Å². The standard InChI is InChI=1S/C13H18N2O4/c1-4-19-11-7-9(5-6-10(11)18-3)13(17)15-8-12(16)14-2/h5-7H,4,8H2,1-3H3,(H,14,16)(H,15,17). The molecule has 0 saturated heterocycles. The van der Waals surface area contributed by atoms with E-state index in [0.717, 1.165) is 0 Å². The second kappa shape index (κ2) is 7.25. The van der Waals surface area contributed by atoms with Crippen LogP contribution in [0.1, 0.15) is 17.3 Å². The zero-order valence-electron chi connectivity index (χ0n) is 11.3. The van der Waals surface area contributed by atoms with Crippen molar-refractivity contribution >= 4 is 11.8 Å². The summed E-state index contributed by atoms with van der Waals surface area (Å²) < 4.78 is 10.5. The minimum absolute atomic E-state index is 0.0642. The Kier molecular flexibility index (Phi) is 5.66. The normalized spacial score (nSPS) is 9.63. The zero-order valence-corrected chi connectivity index (χ0v) is 11.3.